The van der Waals surface area contributed by atoms with E-state index in [4.69, 9.17) is 4.84 Å². The molecule has 2 aromatic carbocycles. The van der Waals surface area contributed by atoms with E-state index in [1.54, 1.807) is 0 Å². The maximum atomic E-state index is 13.2. The molecule has 0 radical (unpaired) electrons. The largest absolute Gasteiger partial charge is 0.342 e. The van der Waals surface area contributed by atoms with E-state index < -0.39 is 0 Å². The van der Waals surface area contributed by atoms with Gasteiger partial charge in [0.05, 0.1) is 6.61 Å². The van der Waals surface area contributed by atoms with Gasteiger partial charge in [0.1, 0.15) is 0 Å². The van der Waals surface area contributed by atoms with E-state index in [-0.39, 0.29) is 17.6 Å². The topological polar surface area (TPSA) is 49.9 Å². The van der Waals surface area contributed by atoms with E-state index in [0.717, 1.165) is 55.3 Å². The predicted molar refractivity (Wildman–Crippen MR) is 104 cm³/mol. The standard InChI is InChI=1S/C22H26N2O3/c25-21(11-14-24-13-5-15-27-24)23-12-4-8-18(16-23)22(26)20-10-3-7-17-6-1-2-9-19(17)20/h1-3,6-7,9-10,18H,4-5,8,11-16H2/t18-/m1/s1. The SMILES string of the molecule is O=C(c1cccc2ccccc12)[C@@H]1CCCN(C(=O)CCN2CCCO2)C1. The quantitative estimate of drug-likeness (QED) is 0.762. The van der Waals surface area contributed by atoms with Crippen LogP contribution in [0.3, 0.4) is 0 Å². The number of fused-ring (bicyclic) bond motifs is 1. The summed E-state index contributed by atoms with van der Waals surface area (Å²) in [5.74, 6) is 0.171. The number of amides is 1. The van der Waals surface area contributed by atoms with Crippen molar-refractivity contribution >= 4 is 22.5 Å². The molecule has 0 saturated carbocycles. The summed E-state index contributed by atoms with van der Waals surface area (Å²) >= 11 is 0. The molecule has 1 atom stereocenters. The summed E-state index contributed by atoms with van der Waals surface area (Å²) in [7, 11) is 0. The van der Waals surface area contributed by atoms with Gasteiger partial charge in [0.25, 0.3) is 0 Å². The summed E-state index contributed by atoms with van der Waals surface area (Å²) in [6, 6.07) is 13.9. The van der Waals surface area contributed by atoms with Crippen LogP contribution in [-0.4, -0.2) is 54.4 Å². The van der Waals surface area contributed by atoms with Crippen molar-refractivity contribution < 1.29 is 14.4 Å². The molecule has 2 aromatic rings. The zero-order chi connectivity index (χ0) is 18.6. The van der Waals surface area contributed by atoms with Gasteiger partial charge in [0, 0.05) is 44.1 Å². The fourth-order valence-corrected chi connectivity index (χ4v) is 4.13. The Hall–Kier alpha value is -2.24. The molecule has 0 N–H and O–H groups in total. The molecule has 0 aromatic heterocycles. The van der Waals surface area contributed by atoms with Crippen molar-refractivity contribution in [2.24, 2.45) is 5.92 Å². The average molecular weight is 366 g/mol. The van der Waals surface area contributed by atoms with Crippen molar-refractivity contribution in [2.45, 2.75) is 25.7 Å². The number of Topliss-reactive ketones (excluding diaryl/α,β-unsaturated/α-hetero) is 1. The van der Waals surface area contributed by atoms with Gasteiger partial charge in [0.2, 0.25) is 5.91 Å². The third-order valence-corrected chi connectivity index (χ3v) is 5.60. The van der Waals surface area contributed by atoms with E-state index in [1.165, 1.54) is 0 Å². The number of hydroxylamine groups is 2. The lowest BCUT2D eigenvalue weighted by molar-refractivity contribution is -0.139. The Kier molecular flexibility index (Phi) is 5.50. The van der Waals surface area contributed by atoms with Crippen molar-refractivity contribution in [3.05, 3.63) is 48.0 Å². The molecule has 5 nitrogen and oxygen atoms in total. The first-order valence-electron chi connectivity index (χ1n) is 9.90. The maximum Gasteiger partial charge on any atom is 0.223 e. The minimum Gasteiger partial charge on any atom is -0.342 e. The lowest BCUT2D eigenvalue weighted by Crippen LogP contribution is -2.43. The molecule has 2 fully saturated rings. The highest BCUT2D eigenvalue weighted by Crippen LogP contribution is 2.26. The zero-order valence-electron chi connectivity index (χ0n) is 15.6. The molecule has 2 heterocycles. The summed E-state index contributed by atoms with van der Waals surface area (Å²) in [6.07, 6.45) is 3.21. The minimum absolute atomic E-state index is 0.114. The van der Waals surface area contributed by atoms with Gasteiger partial charge in [-0.3, -0.25) is 14.4 Å². The summed E-state index contributed by atoms with van der Waals surface area (Å²) in [6.45, 7) is 3.56. The van der Waals surface area contributed by atoms with Crippen LogP contribution in [-0.2, 0) is 9.63 Å². The Morgan fingerprint density at radius 2 is 1.89 bits per heavy atom. The van der Waals surface area contributed by atoms with Crippen LogP contribution >= 0.6 is 0 Å². The molecule has 0 unspecified atom stereocenters. The molecular formula is C22H26N2O3. The van der Waals surface area contributed by atoms with Gasteiger partial charge in [-0.05, 0) is 30.0 Å². The first kappa shape index (κ1) is 18.1. The molecule has 5 heteroatoms. The van der Waals surface area contributed by atoms with Crippen molar-refractivity contribution in [2.75, 3.05) is 32.8 Å². The summed E-state index contributed by atoms with van der Waals surface area (Å²) in [4.78, 5) is 33.1. The molecule has 0 aliphatic carbocycles. The second-order valence-corrected chi connectivity index (χ2v) is 7.44. The first-order chi connectivity index (χ1) is 13.2. The molecule has 4 rings (SSSR count). The molecule has 142 valence electrons. The zero-order valence-corrected chi connectivity index (χ0v) is 15.6. The van der Waals surface area contributed by atoms with Gasteiger partial charge in [-0.15, -0.1) is 0 Å². The number of piperidine rings is 1. The van der Waals surface area contributed by atoms with E-state index in [0.29, 0.717) is 19.5 Å². The van der Waals surface area contributed by atoms with Gasteiger partial charge in [-0.2, -0.15) is 5.06 Å². The van der Waals surface area contributed by atoms with Crippen LogP contribution in [0.4, 0.5) is 0 Å². The Morgan fingerprint density at radius 1 is 1.04 bits per heavy atom. The van der Waals surface area contributed by atoms with Crippen molar-refractivity contribution in [1.82, 2.24) is 9.96 Å². The second kappa shape index (κ2) is 8.19. The monoisotopic (exact) mass is 366 g/mol. The van der Waals surface area contributed by atoms with Crippen LogP contribution in [0, 0.1) is 5.92 Å². The summed E-state index contributed by atoms with van der Waals surface area (Å²) in [5, 5.41) is 3.96. The van der Waals surface area contributed by atoms with Crippen LogP contribution in [0.1, 0.15) is 36.0 Å². The van der Waals surface area contributed by atoms with Crippen molar-refractivity contribution in [3.63, 3.8) is 0 Å². The summed E-state index contributed by atoms with van der Waals surface area (Å²) < 4.78 is 0. The number of nitrogens with zero attached hydrogens (tertiary/aromatic N) is 2. The van der Waals surface area contributed by atoms with Crippen LogP contribution in [0.5, 0.6) is 0 Å². The third kappa shape index (κ3) is 4.04. The van der Waals surface area contributed by atoms with Gasteiger partial charge < -0.3 is 4.90 Å². The van der Waals surface area contributed by atoms with Gasteiger partial charge >= 0.3 is 0 Å². The number of carbonyl (C=O) groups is 2. The number of carbonyl (C=O) groups excluding carboxylic acids is 2. The highest BCUT2D eigenvalue weighted by atomic mass is 16.7. The lowest BCUT2D eigenvalue weighted by atomic mass is 9.88. The fraction of sp³-hybridized carbons (Fsp3) is 0.455. The molecule has 2 aliphatic rings. The van der Waals surface area contributed by atoms with Crippen LogP contribution in [0.2, 0.25) is 0 Å². The maximum absolute atomic E-state index is 13.2. The Balaban J connectivity index is 1.42. The highest BCUT2D eigenvalue weighted by Gasteiger charge is 2.30. The third-order valence-electron chi connectivity index (χ3n) is 5.60. The Morgan fingerprint density at radius 3 is 2.74 bits per heavy atom. The van der Waals surface area contributed by atoms with Gasteiger partial charge in [0.15, 0.2) is 5.78 Å². The predicted octanol–water partition coefficient (Wildman–Crippen LogP) is 3.29. The van der Waals surface area contributed by atoms with E-state index in [2.05, 4.69) is 0 Å². The number of likely N-dealkylation sites (tertiary alicyclic amines) is 1. The number of ketones is 1. The van der Waals surface area contributed by atoms with Crippen molar-refractivity contribution in [1.29, 1.82) is 0 Å². The highest BCUT2D eigenvalue weighted by molar-refractivity contribution is 6.09. The molecule has 0 bridgehead atoms. The second-order valence-electron chi connectivity index (χ2n) is 7.44. The van der Waals surface area contributed by atoms with Gasteiger partial charge in [-0.1, -0.05) is 42.5 Å². The molecular weight excluding hydrogens is 340 g/mol. The van der Waals surface area contributed by atoms with E-state index >= 15 is 0 Å². The minimum atomic E-state index is -0.114. The summed E-state index contributed by atoms with van der Waals surface area (Å²) in [5.41, 5.74) is 0.776. The van der Waals surface area contributed by atoms with Crippen LogP contribution in [0.15, 0.2) is 42.5 Å². The van der Waals surface area contributed by atoms with Gasteiger partial charge in [-0.25, -0.2) is 0 Å². The van der Waals surface area contributed by atoms with Crippen LogP contribution < -0.4 is 0 Å². The number of benzene rings is 2. The fourth-order valence-electron chi connectivity index (χ4n) is 4.13. The normalized spacial score (nSPS) is 20.9. The average Bonchev–Trinajstić information content (AvgIpc) is 3.25. The Labute approximate surface area is 159 Å². The molecule has 27 heavy (non-hydrogen) atoms. The van der Waals surface area contributed by atoms with Crippen molar-refractivity contribution in [3.8, 4) is 0 Å². The molecule has 2 aliphatic heterocycles. The first-order valence-corrected chi connectivity index (χ1v) is 9.90. The number of hydrogen-bond donors (Lipinski definition) is 0. The molecule has 1 amide bonds. The lowest BCUT2D eigenvalue weighted by Gasteiger charge is -2.32. The van der Waals surface area contributed by atoms with Crippen LogP contribution in [0.25, 0.3) is 10.8 Å². The van der Waals surface area contributed by atoms with E-state index in [1.807, 2.05) is 52.4 Å². The number of hydrogen-bond acceptors (Lipinski definition) is 4. The number of rotatable bonds is 5. The van der Waals surface area contributed by atoms with E-state index in [9.17, 15) is 9.59 Å². The smallest absolute Gasteiger partial charge is 0.223 e. The Bertz CT molecular complexity index is 824. The molecule has 2 saturated heterocycles. The molecule has 0 spiro atoms.